The molecule has 2 nitrogen and oxygen atoms in total. The Kier molecular flexibility index (Phi) is 3.00. The van der Waals surface area contributed by atoms with Crippen LogP contribution >= 0.6 is 0 Å². The van der Waals surface area contributed by atoms with E-state index in [1.165, 1.54) is 0 Å². The Labute approximate surface area is 77.4 Å². The van der Waals surface area contributed by atoms with Crippen LogP contribution in [0.2, 0.25) is 0 Å². The van der Waals surface area contributed by atoms with Crippen LogP contribution in [-0.2, 0) is 0 Å². The summed E-state index contributed by atoms with van der Waals surface area (Å²) >= 11 is 0. The van der Waals surface area contributed by atoms with Crippen molar-refractivity contribution in [2.24, 2.45) is 0 Å². The van der Waals surface area contributed by atoms with Gasteiger partial charge < -0.3 is 9.76 Å². The third kappa shape index (κ3) is 1.43. The van der Waals surface area contributed by atoms with Crippen LogP contribution in [0.5, 0.6) is 5.75 Å². The third-order valence-corrected chi connectivity index (χ3v) is 1.59. The summed E-state index contributed by atoms with van der Waals surface area (Å²) in [4.78, 5) is 0. The molecule has 0 heterocycles. The number of rotatable bonds is 2. The summed E-state index contributed by atoms with van der Waals surface area (Å²) in [5.41, 5.74) is -1.18. The first kappa shape index (κ1) is 10.8. The van der Waals surface area contributed by atoms with Gasteiger partial charge in [0.05, 0.1) is 7.11 Å². The Morgan fingerprint density at radius 1 is 1.00 bits per heavy atom. The highest BCUT2D eigenvalue weighted by Gasteiger charge is 2.25. The van der Waals surface area contributed by atoms with Crippen LogP contribution in [0, 0.1) is 23.3 Å². The Hall–Kier alpha value is -1.24. The molecule has 1 rings (SSSR count). The second kappa shape index (κ2) is 3.87. The van der Waals surface area contributed by atoms with Crippen LogP contribution in [0.1, 0.15) is 0 Å². The molecular weight excluding hydrogens is 203 g/mol. The molecule has 0 aromatic heterocycles. The molecule has 75 valence electrons. The summed E-state index contributed by atoms with van der Waals surface area (Å²) < 4.78 is 55.5. The summed E-state index contributed by atoms with van der Waals surface area (Å²) in [6, 6.07) is 0. The molecule has 0 fully saturated rings. The van der Waals surface area contributed by atoms with Crippen molar-refractivity contribution in [1.82, 2.24) is 0 Å². The van der Waals surface area contributed by atoms with Crippen molar-refractivity contribution >= 4 is 12.9 Å². The topological polar surface area (TPSA) is 29.5 Å². The summed E-state index contributed by atoms with van der Waals surface area (Å²) in [5, 5.41) is 8.33. The van der Waals surface area contributed by atoms with E-state index in [0.29, 0.717) is 0 Å². The van der Waals surface area contributed by atoms with Crippen molar-refractivity contribution in [3.63, 3.8) is 0 Å². The number of hydrogen-bond donors (Lipinski definition) is 1. The molecule has 1 radical (unpaired) electrons. The van der Waals surface area contributed by atoms with Crippen LogP contribution in [0.4, 0.5) is 17.6 Å². The zero-order valence-electron chi connectivity index (χ0n) is 6.94. The van der Waals surface area contributed by atoms with E-state index in [1.807, 2.05) is 0 Å². The molecule has 0 amide bonds. The van der Waals surface area contributed by atoms with Gasteiger partial charge in [0.1, 0.15) is 0 Å². The average Bonchev–Trinajstić information content (AvgIpc) is 2.17. The van der Waals surface area contributed by atoms with Gasteiger partial charge in [0, 0.05) is 5.46 Å². The monoisotopic (exact) mass is 207 g/mol. The molecule has 0 atom stereocenters. The lowest BCUT2D eigenvalue weighted by atomic mass is 9.87. The Morgan fingerprint density at radius 3 is 1.71 bits per heavy atom. The predicted octanol–water partition coefficient (Wildman–Crippen LogP) is 0.488. The first-order valence-corrected chi connectivity index (χ1v) is 3.42. The zero-order valence-corrected chi connectivity index (χ0v) is 6.94. The maximum Gasteiger partial charge on any atom is 0.333 e. The van der Waals surface area contributed by atoms with Crippen molar-refractivity contribution in [2.75, 3.05) is 7.11 Å². The second-order valence-corrected chi connectivity index (χ2v) is 2.33. The SMILES string of the molecule is COc1c(F)c(F)c([B]O)c(F)c1F. The number of halogens is 4. The molecule has 0 unspecified atom stereocenters. The predicted molar refractivity (Wildman–Crippen MR) is 40.4 cm³/mol. The molecule has 0 spiro atoms. The maximum absolute atomic E-state index is 12.9. The van der Waals surface area contributed by atoms with Gasteiger partial charge in [0.2, 0.25) is 11.6 Å². The third-order valence-electron chi connectivity index (χ3n) is 1.59. The first-order valence-electron chi connectivity index (χ1n) is 3.42. The molecule has 1 N–H and O–H groups in total. The van der Waals surface area contributed by atoms with Crippen LogP contribution in [0.15, 0.2) is 0 Å². The van der Waals surface area contributed by atoms with E-state index < -0.39 is 34.5 Å². The first-order chi connectivity index (χ1) is 6.54. The number of benzene rings is 1. The van der Waals surface area contributed by atoms with Gasteiger partial charge in [0.15, 0.2) is 17.4 Å². The maximum atomic E-state index is 12.9. The van der Waals surface area contributed by atoms with Crippen molar-refractivity contribution < 1.29 is 27.3 Å². The Balaban J connectivity index is 3.55. The van der Waals surface area contributed by atoms with Crippen LogP contribution < -0.4 is 10.2 Å². The summed E-state index contributed by atoms with van der Waals surface area (Å²) in [5.74, 6) is -7.95. The number of ether oxygens (including phenoxy) is 1. The summed E-state index contributed by atoms with van der Waals surface area (Å²) in [7, 11) is 0.805. The summed E-state index contributed by atoms with van der Waals surface area (Å²) in [6.07, 6.45) is 0. The van der Waals surface area contributed by atoms with E-state index in [4.69, 9.17) is 5.02 Å². The quantitative estimate of drug-likeness (QED) is 0.434. The number of hydrogen-bond acceptors (Lipinski definition) is 2. The molecular formula is C7H4BF4O2. The highest BCUT2D eigenvalue weighted by atomic mass is 19.2. The normalized spacial score (nSPS) is 10.1. The fourth-order valence-corrected chi connectivity index (χ4v) is 0.921. The van der Waals surface area contributed by atoms with Crippen LogP contribution in [0.3, 0.4) is 0 Å². The molecule has 14 heavy (non-hydrogen) atoms. The second-order valence-electron chi connectivity index (χ2n) is 2.33. The lowest BCUT2D eigenvalue weighted by Crippen LogP contribution is -2.26. The molecule has 0 aliphatic rings. The van der Waals surface area contributed by atoms with E-state index in [2.05, 4.69) is 4.74 Å². The van der Waals surface area contributed by atoms with E-state index >= 15 is 0 Å². The van der Waals surface area contributed by atoms with Crippen molar-refractivity contribution in [2.45, 2.75) is 0 Å². The highest BCUT2D eigenvalue weighted by molar-refractivity contribution is 6.45. The molecule has 1 aromatic rings. The fourth-order valence-electron chi connectivity index (χ4n) is 0.921. The zero-order chi connectivity index (χ0) is 10.9. The van der Waals surface area contributed by atoms with E-state index in [0.717, 1.165) is 7.11 Å². The van der Waals surface area contributed by atoms with Crippen molar-refractivity contribution in [3.8, 4) is 5.75 Å². The Bertz CT molecular complexity index is 305. The molecule has 0 saturated heterocycles. The molecule has 0 bridgehead atoms. The van der Waals surface area contributed by atoms with Gasteiger partial charge in [-0.25, -0.2) is 8.78 Å². The number of methoxy groups -OCH3 is 1. The summed E-state index contributed by atoms with van der Waals surface area (Å²) in [6.45, 7) is 0. The Morgan fingerprint density at radius 2 is 1.43 bits per heavy atom. The molecule has 1 aromatic carbocycles. The fraction of sp³-hybridized carbons (Fsp3) is 0.143. The molecule has 0 aliphatic carbocycles. The van der Waals surface area contributed by atoms with Gasteiger partial charge in [-0.1, -0.05) is 0 Å². The lowest BCUT2D eigenvalue weighted by Gasteiger charge is -2.08. The van der Waals surface area contributed by atoms with Crippen LogP contribution in [0.25, 0.3) is 0 Å². The standard InChI is InChI=1S/C7H4BF4O2/c1-14-7-5(11)3(9)2(8-13)4(10)6(7)12/h13H,1H3. The van der Waals surface area contributed by atoms with Gasteiger partial charge in [-0.15, -0.1) is 0 Å². The van der Waals surface area contributed by atoms with E-state index in [-0.39, 0.29) is 7.48 Å². The van der Waals surface area contributed by atoms with Gasteiger partial charge in [-0.05, 0) is 0 Å². The molecule has 0 aliphatic heterocycles. The smallest absolute Gasteiger partial charge is 0.333 e. The lowest BCUT2D eigenvalue weighted by molar-refractivity contribution is 0.334. The van der Waals surface area contributed by atoms with Crippen molar-refractivity contribution in [3.05, 3.63) is 23.3 Å². The molecule has 7 heteroatoms. The average molecular weight is 207 g/mol. The minimum atomic E-state index is -1.71. The largest absolute Gasteiger partial charge is 0.491 e. The van der Waals surface area contributed by atoms with Gasteiger partial charge in [-0.2, -0.15) is 8.78 Å². The van der Waals surface area contributed by atoms with Crippen molar-refractivity contribution in [1.29, 1.82) is 0 Å². The van der Waals surface area contributed by atoms with E-state index in [9.17, 15) is 17.6 Å². The van der Waals surface area contributed by atoms with Crippen LogP contribution in [-0.4, -0.2) is 19.6 Å². The minimum absolute atomic E-state index is 0.0593. The minimum Gasteiger partial charge on any atom is -0.491 e. The highest BCUT2D eigenvalue weighted by Crippen LogP contribution is 2.24. The van der Waals surface area contributed by atoms with Gasteiger partial charge in [0.25, 0.3) is 0 Å². The van der Waals surface area contributed by atoms with Gasteiger partial charge in [-0.3, -0.25) is 0 Å². The van der Waals surface area contributed by atoms with Gasteiger partial charge >= 0.3 is 7.48 Å². The molecule has 0 saturated carbocycles. The van der Waals surface area contributed by atoms with E-state index in [1.54, 1.807) is 0 Å².